The van der Waals surface area contributed by atoms with Crippen LogP contribution < -0.4 is 0 Å². The van der Waals surface area contributed by atoms with Crippen molar-refractivity contribution in [1.29, 1.82) is 0 Å². The van der Waals surface area contributed by atoms with Crippen molar-refractivity contribution in [2.75, 3.05) is 0 Å². The van der Waals surface area contributed by atoms with E-state index in [-0.39, 0.29) is 5.56 Å². The van der Waals surface area contributed by atoms with Gasteiger partial charge in [-0.2, -0.15) is 0 Å². The fraction of sp³-hybridized carbons (Fsp3) is 0. The summed E-state index contributed by atoms with van der Waals surface area (Å²) in [5.41, 5.74) is 3.40. The molecule has 0 fully saturated rings. The molecule has 0 unspecified atom stereocenters. The first-order chi connectivity index (χ1) is 11.5. The maximum atomic E-state index is 11.3. The highest BCUT2D eigenvalue weighted by Gasteiger charge is 2.14. The average Bonchev–Trinajstić information content (AvgIpc) is 2.55. The standard InChI is InChI=1S/C19H11Cl3O2/c20-13-4-1-11(2-5-13)15-7-3-12(19(23)24)9-17(15)16-8-6-14(21)10-18(16)22/h1-10H,(H,23,24). The van der Waals surface area contributed by atoms with E-state index in [4.69, 9.17) is 34.8 Å². The van der Waals surface area contributed by atoms with E-state index in [0.29, 0.717) is 20.6 Å². The molecule has 0 saturated carbocycles. The maximum Gasteiger partial charge on any atom is 0.335 e. The molecule has 0 aromatic heterocycles. The van der Waals surface area contributed by atoms with Crippen molar-refractivity contribution in [3.63, 3.8) is 0 Å². The topological polar surface area (TPSA) is 37.3 Å². The number of carboxylic acids is 1. The Balaban J connectivity index is 2.26. The van der Waals surface area contributed by atoms with E-state index >= 15 is 0 Å². The Morgan fingerprint density at radius 1 is 0.708 bits per heavy atom. The van der Waals surface area contributed by atoms with Crippen molar-refractivity contribution >= 4 is 40.8 Å². The second kappa shape index (κ2) is 6.86. The summed E-state index contributed by atoms with van der Waals surface area (Å²) in [7, 11) is 0. The Morgan fingerprint density at radius 2 is 1.33 bits per heavy atom. The lowest BCUT2D eigenvalue weighted by atomic mass is 9.93. The lowest BCUT2D eigenvalue weighted by Crippen LogP contribution is -1.97. The third-order valence-corrected chi connectivity index (χ3v) is 4.44. The first-order valence-corrected chi connectivity index (χ1v) is 8.18. The number of aromatic carboxylic acids is 1. The van der Waals surface area contributed by atoms with Crippen LogP contribution in [0.5, 0.6) is 0 Å². The lowest BCUT2D eigenvalue weighted by Gasteiger charge is -2.13. The minimum absolute atomic E-state index is 0.189. The van der Waals surface area contributed by atoms with Gasteiger partial charge in [0, 0.05) is 20.6 Å². The van der Waals surface area contributed by atoms with E-state index in [2.05, 4.69) is 0 Å². The fourth-order valence-electron chi connectivity index (χ4n) is 2.49. The van der Waals surface area contributed by atoms with Crippen LogP contribution in [0.15, 0.2) is 60.7 Å². The summed E-state index contributed by atoms with van der Waals surface area (Å²) in [6.45, 7) is 0. The predicted octanol–water partition coefficient (Wildman–Crippen LogP) is 6.68. The summed E-state index contributed by atoms with van der Waals surface area (Å²) in [5, 5.41) is 10.9. The van der Waals surface area contributed by atoms with Crippen molar-refractivity contribution < 1.29 is 9.90 Å². The van der Waals surface area contributed by atoms with Gasteiger partial charge in [0.15, 0.2) is 0 Å². The summed E-state index contributed by atoms with van der Waals surface area (Å²) in [6.07, 6.45) is 0. The Labute approximate surface area is 154 Å². The molecule has 24 heavy (non-hydrogen) atoms. The zero-order valence-corrected chi connectivity index (χ0v) is 14.5. The number of carbonyl (C=O) groups is 1. The number of halogens is 3. The number of rotatable bonds is 3. The highest BCUT2D eigenvalue weighted by atomic mass is 35.5. The quantitative estimate of drug-likeness (QED) is 0.553. The van der Waals surface area contributed by atoms with Gasteiger partial charge in [0.05, 0.1) is 5.56 Å². The molecule has 0 bridgehead atoms. The number of hydrogen-bond donors (Lipinski definition) is 1. The third-order valence-electron chi connectivity index (χ3n) is 3.64. The van der Waals surface area contributed by atoms with Gasteiger partial charge >= 0.3 is 5.97 Å². The second-order valence-electron chi connectivity index (χ2n) is 5.20. The molecule has 3 rings (SSSR count). The van der Waals surface area contributed by atoms with Gasteiger partial charge in [0.2, 0.25) is 0 Å². The molecule has 2 nitrogen and oxygen atoms in total. The van der Waals surface area contributed by atoms with Gasteiger partial charge in [-0.25, -0.2) is 4.79 Å². The van der Waals surface area contributed by atoms with E-state index in [0.717, 1.165) is 16.7 Å². The molecule has 120 valence electrons. The van der Waals surface area contributed by atoms with E-state index in [1.807, 2.05) is 12.1 Å². The Hall–Kier alpha value is -2.00. The summed E-state index contributed by atoms with van der Waals surface area (Å²) in [5.74, 6) is -0.996. The SMILES string of the molecule is O=C(O)c1ccc(-c2ccc(Cl)cc2)c(-c2ccc(Cl)cc2Cl)c1. The summed E-state index contributed by atoms with van der Waals surface area (Å²) in [6, 6.07) is 17.4. The van der Waals surface area contributed by atoms with Crippen molar-refractivity contribution in [2.24, 2.45) is 0 Å². The van der Waals surface area contributed by atoms with Crippen LogP contribution in [0.25, 0.3) is 22.3 Å². The van der Waals surface area contributed by atoms with Crippen LogP contribution >= 0.6 is 34.8 Å². The van der Waals surface area contributed by atoms with Gasteiger partial charge in [0.1, 0.15) is 0 Å². The molecule has 0 saturated heterocycles. The molecule has 0 radical (unpaired) electrons. The minimum atomic E-state index is -0.996. The van der Waals surface area contributed by atoms with E-state index in [1.165, 1.54) is 0 Å². The largest absolute Gasteiger partial charge is 0.478 e. The highest BCUT2D eigenvalue weighted by Crippen LogP contribution is 2.38. The molecule has 0 amide bonds. The van der Waals surface area contributed by atoms with Gasteiger partial charge in [-0.05, 0) is 53.1 Å². The number of hydrogen-bond acceptors (Lipinski definition) is 1. The van der Waals surface area contributed by atoms with Crippen LogP contribution in [0.1, 0.15) is 10.4 Å². The molecule has 0 heterocycles. The monoisotopic (exact) mass is 376 g/mol. The van der Waals surface area contributed by atoms with Crippen LogP contribution in [0.2, 0.25) is 15.1 Å². The van der Waals surface area contributed by atoms with Crippen LogP contribution in [-0.4, -0.2) is 11.1 Å². The van der Waals surface area contributed by atoms with Crippen LogP contribution in [-0.2, 0) is 0 Å². The molecule has 5 heteroatoms. The first kappa shape index (κ1) is 16.8. The smallest absolute Gasteiger partial charge is 0.335 e. The summed E-state index contributed by atoms with van der Waals surface area (Å²) in [4.78, 5) is 11.3. The van der Waals surface area contributed by atoms with Crippen molar-refractivity contribution in [2.45, 2.75) is 0 Å². The normalized spacial score (nSPS) is 10.6. The average molecular weight is 378 g/mol. The maximum absolute atomic E-state index is 11.3. The molecule has 0 spiro atoms. The molecule has 3 aromatic rings. The Kier molecular flexibility index (Phi) is 4.81. The van der Waals surface area contributed by atoms with Gasteiger partial charge in [-0.1, -0.05) is 59.1 Å². The summed E-state index contributed by atoms with van der Waals surface area (Å²) < 4.78 is 0. The lowest BCUT2D eigenvalue weighted by molar-refractivity contribution is 0.0697. The number of carboxylic acid groups (broad SMARTS) is 1. The van der Waals surface area contributed by atoms with E-state index in [1.54, 1.807) is 48.5 Å². The predicted molar refractivity (Wildman–Crippen MR) is 99.3 cm³/mol. The Morgan fingerprint density at radius 3 is 1.96 bits per heavy atom. The van der Waals surface area contributed by atoms with E-state index < -0.39 is 5.97 Å². The molecule has 0 aliphatic heterocycles. The Bertz CT molecular complexity index is 918. The number of benzene rings is 3. The van der Waals surface area contributed by atoms with Crippen LogP contribution in [0, 0.1) is 0 Å². The fourth-order valence-corrected chi connectivity index (χ4v) is 3.13. The molecule has 0 atom stereocenters. The van der Waals surface area contributed by atoms with Gasteiger partial charge in [-0.15, -0.1) is 0 Å². The molecule has 3 aromatic carbocycles. The molecule has 1 N–H and O–H groups in total. The molecule has 0 aliphatic carbocycles. The van der Waals surface area contributed by atoms with E-state index in [9.17, 15) is 9.90 Å². The summed E-state index contributed by atoms with van der Waals surface area (Å²) >= 11 is 18.2. The zero-order valence-electron chi connectivity index (χ0n) is 12.3. The highest BCUT2D eigenvalue weighted by molar-refractivity contribution is 6.36. The molecular formula is C19H11Cl3O2. The van der Waals surface area contributed by atoms with Gasteiger partial charge < -0.3 is 5.11 Å². The van der Waals surface area contributed by atoms with Crippen molar-refractivity contribution in [3.05, 3.63) is 81.3 Å². The van der Waals surface area contributed by atoms with Crippen molar-refractivity contribution in [1.82, 2.24) is 0 Å². The molecule has 0 aliphatic rings. The van der Waals surface area contributed by atoms with Crippen LogP contribution in [0.3, 0.4) is 0 Å². The second-order valence-corrected chi connectivity index (χ2v) is 6.48. The first-order valence-electron chi connectivity index (χ1n) is 7.04. The van der Waals surface area contributed by atoms with Gasteiger partial charge in [0.25, 0.3) is 0 Å². The van der Waals surface area contributed by atoms with Gasteiger partial charge in [-0.3, -0.25) is 0 Å². The zero-order chi connectivity index (χ0) is 17.3. The third kappa shape index (κ3) is 3.41. The molecular weight excluding hydrogens is 367 g/mol. The van der Waals surface area contributed by atoms with Crippen molar-refractivity contribution in [3.8, 4) is 22.3 Å². The minimum Gasteiger partial charge on any atom is -0.478 e. The van der Waals surface area contributed by atoms with Crippen LogP contribution in [0.4, 0.5) is 0 Å².